The van der Waals surface area contributed by atoms with E-state index in [2.05, 4.69) is 15.2 Å². The first-order valence-electron chi connectivity index (χ1n) is 6.29. The Morgan fingerprint density at radius 3 is 2.95 bits per heavy atom. The van der Waals surface area contributed by atoms with Crippen LogP contribution in [0.25, 0.3) is 0 Å². The summed E-state index contributed by atoms with van der Waals surface area (Å²) in [6, 6.07) is -0.549. The van der Waals surface area contributed by atoms with Crippen LogP contribution in [-0.2, 0) is 9.53 Å². The van der Waals surface area contributed by atoms with Crippen LogP contribution >= 0.6 is 0 Å². The maximum Gasteiger partial charge on any atom is 0.328 e. The van der Waals surface area contributed by atoms with E-state index in [0.29, 0.717) is 19.6 Å². The summed E-state index contributed by atoms with van der Waals surface area (Å²) >= 11 is 0. The summed E-state index contributed by atoms with van der Waals surface area (Å²) in [6.45, 7) is 2.54. The van der Waals surface area contributed by atoms with Gasteiger partial charge in [-0.1, -0.05) is 0 Å². The van der Waals surface area contributed by atoms with E-state index in [-0.39, 0.29) is 23.6 Å². The van der Waals surface area contributed by atoms with Gasteiger partial charge in [-0.25, -0.2) is 4.79 Å². The Labute approximate surface area is 110 Å². The first-order chi connectivity index (χ1) is 9.13. The molecular formula is C11H17N5O3. The fourth-order valence-electron chi connectivity index (χ4n) is 2.16. The lowest BCUT2D eigenvalue weighted by molar-refractivity contribution is -0.149. The smallest absolute Gasteiger partial charge is 0.328 e. The first-order valence-corrected chi connectivity index (χ1v) is 6.29. The van der Waals surface area contributed by atoms with Crippen molar-refractivity contribution in [3.8, 4) is 0 Å². The number of nitrogen functional groups attached to an aromatic ring is 1. The number of hydrogen-bond donors (Lipinski definition) is 2. The molecule has 1 fully saturated rings. The lowest BCUT2D eigenvalue weighted by atomic mass is 10.0. The molecule has 2 heterocycles. The van der Waals surface area contributed by atoms with Crippen LogP contribution in [0, 0.1) is 0 Å². The molecule has 0 aliphatic carbocycles. The number of carbonyl (C=O) groups excluding carboxylic acids is 2. The summed E-state index contributed by atoms with van der Waals surface area (Å²) < 4.78 is 5.00. The van der Waals surface area contributed by atoms with Crippen LogP contribution in [0.1, 0.15) is 36.8 Å². The molecule has 8 nitrogen and oxygen atoms in total. The molecule has 1 saturated heterocycles. The second-order valence-electron chi connectivity index (χ2n) is 4.30. The summed E-state index contributed by atoms with van der Waals surface area (Å²) in [6.07, 6.45) is 2.35. The molecule has 19 heavy (non-hydrogen) atoms. The Morgan fingerprint density at radius 2 is 2.32 bits per heavy atom. The Kier molecular flexibility index (Phi) is 3.98. The highest BCUT2D eigenvalue weighted by molar-refractivity contribution is 5.94. The lowest BCUT2D eigenvalue weighted by Gasteiger charge is -2.33. The molecule has 1 aromatic heterocycles. The van der Waals surface area contributed by atoms with E-state index in [9.17, 15) is 9.59 Å². The number of aromatic amines is 1. The van der Waals surface area contributed by atoms with E-state index in [1.807, 2.05) is 0 Å². The Bertz CT molecular complexity index is 473. The minimum absolute atomic E-state index is 0.00745. The van der Waals surface area contributed by atoms with Crippen molar-refractivity contribution >= 4 is 17.8 Å². The zero-order valence-corrected chi connectivity index (χ0v) is 10.8. The minimum Gasteiger partial charge on any atom is -0.464 e. The molecule has 8 heteroatoms. The molecule has 104 valence electrons. The second-order valence-corrected chi connectivity index (χ2v) is 4.30. The molecule has 0 bridgehead atoms. The molecular weight excluding hydrogens is 250 g/mol. The highest BCUT2D eigenvalue weighted by atomic mass is 16.5. The Balaban J connectivity index is 2.15. The van der Waals surface area contributed by atoms with Gasteiger partial charge in [-0.05, 0) is 26.2 Å². The van der Waals surface area contributed by atoms with Gasteiger partial charge < -0.3 is 15.4 Å². The average molecular weight is 267 g/mol. The quantitative estimate of drug-likeness (QED) is 0.742. The van der Waals surface area contributed by atoms with Crippen LogP contribution in [0.2, 0.25) is 0 Å². The topological polar surface area (TPSA) is 114 Å². The van der Waals surface area contributed by atoms with Crippen LogP contribution in [-0.4, -0.2) is 51.2 Å². The summed E-state index contributed by atoms with van der Waals surface area (Å²) in [7, 11) is 0. The number of hydrogen-bond acceptors (Lipinski definition) is 6. The lowest BCUT2D eigenvalue weighted by Crippen LogP contribution is -2.49. The molecule has 0 radical (unpaired) electrons. The zero-order chi connectivity index (χ0) is 13.8. The number of anilines is 1. The van der Waals surface area contributed by atoms with Gasteiger partial charge in [0.25, 0.3) is 5.91 Å². The predicted molar refractivity (Wildman–Crippen MR) is 66.1 cm³/mol. The first kappa shape index (κ1) is 13.3. The second kappa shape index (κ2) is 5.68. The summed E-state index contributed by atoms with van der Waals surface area (Å²) in [5.74, 6) is -0.688. The summed E-state index contributed by atoms with van der Waals surface area (Å²) in [4.78, 5) is 29.4. The third kappa shape index (κ3) is 2.83. The number of piperidine rings is 1. The molecule has 3 N–H and O–H groups in total. The van der Waals surface area contributed by atoms with Gasteiger partial charge in [-0.15, -0.1) is 5.10 Å². The van der Waals surface area contributed by atoms with Crippen molar-refractivity contribution in [3.05, 3.63) is 5.82 Å². The van der Waals surface area contributed by atoms with Crippen LogP contribution in [0.15, 0.2) is 0 Å². The standard InChI is InChI=1S/C11H17N5O3/c1-2-19-10(18)7-5-3-4-6-16(7)9(17)8-13-11(12)15-14-8/h7H,2-6H2,1H3,(H3,12,13,14,15). The maximum absolute atomic E-state index is 12.3. The molecule has 0 saturated carbocycles. The van der Waals surface area contributed by atoms with Crippen LogP contribution in [0.3, 0.4) is 0 Å². The van der Waals surface area contributed by atoms with Crippen molar-refractivity contribution in [3.63, 3.8) is 0 Å². The fraction of sp³-hybridized carbons (Fsp3) is 0.636. The van der Waals surface area contributed by atoms with Gasteiger partial charge in [0, 0.05) is 6.54 Å². The molecule has 1 aliphatic rings. The van der Waals surface area contributed by atoms with Crippen molar-refractivity contribution in [2.24, 2.45) is 0 Å². The van der Waals surface area contributed by atoms with E-state index < -0.39 is 6.04 Å². The Hall–Kier alpha value is -2.12. The van der Waals surface area contributed by atoms with Gasteiger partial charge in [0.05, 0.1) is 6.61 Å². The normalized spacial score (nSPS) is 19.2. The monoisotopic (exact) mass is 267 g/mol. The number of nitrogens with two attached hydrogens (primary N) is 1. The van der Waals surface area contributed by atoms with Gasteiger partial charge in [0.1, 0.15) is 6.04 Å². The summed E-state index contributed by atoms with van der Waals surface area (Å²) in [5, 5.41) is 6.08. The van der Waals surface area contributed by atoms with Crippen LogP contribution in [0.4, 0.5) is 5.95 Å². The van der Waals surface area contributed by atoms with Gasteiger partial charge >= 0.3 is 5.97 Å². The number of rotatable bonds is 3. The SMILES string of the molecule is CCOC(=O)C1CCCCN1C(=O)c1nc(N)n[nH]1. The largest absolute Gasteiger partial charge is 0.464 e. The zero-order valence-electron chi connectivity index (χ0n) is 10.8. The van der Waals surface area contributed by atoms with Crippen molar-refractivity contribution in [2.45, 2.75) is 32.2 Å². The van der Waals surface area contributed by atoms with E-state index in [1.54, 1.807) is 6.92 Å². The molecule has 1 aliphatic heterocycles. The number of amides is 1. The van der Waals surface area contributed by atoms with Crippen molar-refractivity contribution < 1.29 is 14.3 Å². The number of ether oxygens (including phenoxy) is 1. The molecule has 0 spiro atoms. The number of esters is 1. The van der Waals surface area contributed by atoms with Gasteiger partial charge in [-0.3, -0.25) is 9.89 Å². The van der Waals surface area contributed by atoms with E-state index in [0.717, 1.165) is 12.8 Å². The third-order valence-electron chi connectivity index (χ3n) is 3.03. The highest BCUT2D eigenvalue weighted by Crippen LogP contribution is 2.20. The highest BCUT2D eigenvalue weighted by Gasteiger charge is 2.34. The molecule has 2 rings (SSSR count). The van der Waals surface area contributed by atoms with Crippen molar-refractivity contribution in [1.29, 1.82) is 0 Å². The molecule has 1 aromatic rings. The average Bonchev–Trinajstić information content (AvgIpc) is 2.85. The summed E-state index contributed by atoms with van der Waals surface area (Å²) in [5.41, 5.74) is 5.37. The number of nitrogens with zero attached hydrogens (tertiary/aromatic N) is 3. The molecule has 1 unspecified atom stereocenters. The van der Waals surface area contributed by atoms with E-state index >= 15 is 0 Å². The van der Waals surface area contributed by atoms with Crippen LogP contribution in [0.5, 0.6) is 0 Å². The Morgan fingerprint density at radius 1 is 1.53 bits per heavy atom. The fourth-order valence-corrected chi connectivity index (χ4v) is 2.16. The number of likely N-dealkylation sites (tertiary alicyclic amines) is 1. The maximum atomic E-state index is 12.3. The molecule has 1 atom stereocenters. The minimum atomic E-state index is -0.549. The van der Waals surface area contributed by atoms with Gasteiger partial charge in [0.15, 0.2) is 0 Å². The molecule has 0 aromatic carbocycles. The van der Waals surface area contributed by atoms with Crippen molar-refractivity contribution in [1.82, 2.24) is 20.1 Å². The third-order valence-corrected chi connectivity index (χ3v) is 3.03. The molecule has 1 amide bonds. The van der Waals surface area contributed by atoms with E-state index in [1.165, 1.54) is 4.90 Å². The van der Waals surface area contributed by atoms with Gasteiger partial charge in [-0.2, -0.15) is 4.98 Å². The number of aromatic nitrogens is 3. The van der Waals surface area contributed by atoms with Crippen molar-refractivity contribution in [2.75, 3.05) is 18.9 Å². The predicted octanol–water partition coefficient (Wildman–Crippen LogP) is -0.0553. The van der Waals surface area contributed by atoms with E-state index in [4.69, 9.17) is 10.5 Å². The van der Waals surface area contributed by atoms with Crippen LogP contribution < -0.4 is 5.73 Å². The number of H-pyrrole nitrogens is 1. The van der Waals surface area contributed by atoms with Gasteiger partial charge in [0.2, 0.25) is 11.8 Å². The number of nitrogens with one attached hydrogen (secondary N) is 1. The number of carbonyl (C=O) groups is 2.